The fraction of sp³-hybridized carbons (Fsp3) is 0.455. The average molecular weight is 474 g/mol. The number of alkyl halides is 2. The lowest BCUT2D eigenvalue weighted by atomic mass is 9.91. The molecule has 4 rings (SSSR count). The van der Waals surface area contributed by atoms with Crippen molar-refractivity contribution >= 4 is 34.8 Å². The molecule has 0 unspecified atom stereocenters. The number of halogens is 3. The summed E-state index contributed by atoms with van der Waals surface area (Å²) in [5.74, 6) is 0.0351. The minimum atomic E-state index is -1.46. The SMILES string of the molecule is CCOc1ccc(Cc2cc([C@@H]3O[C@]4(CO)[C@@H]([C@H](O)[C@H]3O)C4(Cl)Cl)ccc2Cl)cc1. The molecule has 2 aromatic carbocycles. The van der Waals surface area contributed by atoms with Crippen LogP contribution in [0.2, 0.25) is 5.02 Å². The average Bonchev–Trinajstić information content (AvgIpc) is 3.23. The molecule has 162 valence electrons. The highest BCUT2D eigenvalue weighted by Crippen LogP contribution is 2.69. The summed E-state index contributed by atoms with van der Waals surface area (Å²) in [6, 6.07) is 13.0. The van der Waals surface area contributed by atoms with E-state index in [9.17, 15) is 15.3 Å². The Bertz CT molecular complexity index is 919. The molecule has 5 atom stereocenters. The molecular weight excluding hydrogens is 451 g/mol. The molecule has 1 aliphatic carbocycles. The Morgan fingerprint density at radius 2 is 1.77 bits per heavy atom. The lowest BCUT2D eigenvalue weighted by Gasteiger charge is -2.36. The molecule has 8 heteroatoms. The zero-order chi connectivity index (χ0) is 21.7. The number of benzene rings is 2. The summed E-state index contributed by atoms with van der Waals surface area (Å²) >= 11 is 18.9. The van der Waals surface area contributed by atoms with Crippen LogP contribution in [0, 0.1) is 5.92 Å². The highest BCUT2D eigenvalue weighted by Gasteiger charge is 2.83. The van der Waals surface area contributed by atoms with Crippen LogP contribution in [0.5, 0.6) is 5.75 Å². The highest BCUT2D eigenvalue weighted by atomic mass is 35.5. The van der Waals surface area contributed by atoms with Crippen molar-refractivity contribution in [2.24, 2.45) is 5.92 Å². The molecule has 1 saturated heterocycles. The van der Waals surface area contributed by atoms with Crippen LogP contribution < -0.4 is 4.74 Å². The maximum absolute atomic E-state index is 10.6. The van der Waals surface area contributed by atoms with E-state index in [1.165, 1.54) is 0 Å². The first kappa shape index (κ1) is 22.2. The topological polar surface area (TPSA) is 79.2 Å². The molecule has 2 fully saturated rings. The van der Waals surface area contributed by atoms with Crippen LogP contribution in [-0.4, -0.2) is 50.7 Å². The molecule has 0 bridgehead atoms. The van der Waals surface area contributed by atoms with Crippen molar-refractivity contribution in [2.45, 2.75) is 41.6 Å². The van der Waals surface area contributed by atoms with Gasteiger partial charge in [-0.2, -0.15) is 0 Å². The second-order valence-corrected chi connectivity index (χ2v) is 9.57. The number of aliphatic hydroxyl groups excluding tert-OH is 3. The van der Waals surface area contributed by atoms with Crippen LogP contribution >= 0.6 is 34.8 Å². The van der Waals surface area contributed by atoms with Crippen LogP contribution in [0.4, 0.5) is 0 Å². The van der Waals surface area contributed by atoms with Gasteiger partial charge in [0.25, 0.3) is 0 Å². The Labute approximate surface area is 190 Å². The predicted octanol–water partition coefficient (Wildman–Crippen LogP) is 3.66. The maximum Gasteiger partial charge on any atom is 0.158 e. The van der Waals surface area contributed by atoms with Gasteiger partial charge in [0, 0.05) is 5.02 Å². The van der Waals surface area contributed by atoms with E-state index in [1.54, 1.807) is 12.1 Å². The van der Waals surface area contributed by atoms with Crippen LogP contribution in [0.3, 0.4) is 0 Å². The van der Waals surface area contributed by atoms with E-state index in [4.69, 9.17) is 44.3 Å². The number of aliphatic hydroxyl groups is 3. The van der Waals surface area contributed by atoms with Gasteiger partial charge in [-0.1, -0.05) is 59.1 Å². The summed E-state index contributed by atoms with van der Waals surface area (Å²) in [5, 5.41) is 31.6. The van der Waals surface area contributed by atoms with Crippen LogP contribution in [-0.2, 0) is 11.2 Å². The third kappa shape index (κ3) is 3.51. The molecule has 0 spiro atoms. The first-order valence-corrected chi connectivity index (χ1v) is 10.9. The van der Waals surface area contributed by atoms with Gasteiger partial charge in [0.15, 0.2) is 4.33 Å². The van der Waals surface area contributed by atoms with Crippen LogP contribution in [0.15, 0.2) is 42.5 Å². The second kappa shape index (κ2) is 8.14. The van der Waals surface area contributed by atoms with E-state index in [0.29, 0.717) is 23.6 Å². The molecule has 2 aliphatic rings. The Morgan fingerprint density at radius 3 is 2.40 bits per heavy atom. The Kier molecular flexibility index (Phi) is 6.01. The lowest BCUT2D eigenvalue weighted by Crippen LogP contribution is -2.46. The molecule has 0 amide bonds. The Hall–Kier alpha value is -1.05. The third-order valence-corrected chi connectivity index (χ3v) is 7.45. The molecule has 2 aromatic rings. The maximum atomic E-state index is 10.6. The number of fused-ring (bicyclic) bond motifs is 1. The summed E-state index contributed by atoms with van der Waals surface area (Å²) in [7, 11) is 0. The van der Waals surface area contributed by atoms with Crippen molar-refractivity contribution in [3.63, 3.8) is 0 Å². The lowest BCUT2D eigenvalue weighted by molar-refractivity contribution is -0.186. The first-order chi connectivity index (χ1) is 14.2. The number of hydrogen-bond acceptors (Lipinski definition) is 5. The van der Waals surface area contributed by atoms with Gasteiger partial charge in [-0.3, -0.25) is 0 Å². The zero-order valence-corrected chi connectivity index (χ0v) is 18.5. The van der Waals surface area contributed by atoms with Gasteiger partial charge in [0.05, 0.1) is 25.2 Å². The standard InChI is InChI=1S/C22H23Cl3O5/c1-2-29-15-6-3-12(4-7-15)9-14-10-13(5-8-16(14)23)19-17(27)18(28)20-21(11-26,30-19)22(20,24)25/h3-8,10,17-20,26-28H,2,9,11H2,1H3/t17-,18-,19+,20-,21-/m1/s1. The summed E-state index contributed by atoms with van der Waals surface area (Å²) in [6.07, 6.45) is -2.81. The first-order valence-electron chi connectivity index (χ1n) is 9.78. The van der Waals surface area contributed by atoms with E-state index >= 15 is 0 Å². The van der Waals surface area contributed by atoms with E-state index < -0.39 is 40.8 Å². The van der Waals surface area contributed by atoms with Crippen molar-refractivity contribution in [2.75, 3.05) is 13.2 Å². The molecular formula is C22H23Cl3O5. The third-order valence-electron chi connectivity index (χ3n) is 5.97. The second-order valence-electron chi connectivity index (χ2n) is 7.77. The van der Waals surface area contributed by atoms with Gasteiger partial charge >= 0.3 is 0 Å². The van der Waals surface area contributed by atoms with Gasteiger partial charge in [-0.05, 0) is 48.2 Å². The quantitative estimate of drug-likeness (QED) is 0.558. The normalized spacial score (nSPS) is 31.8. The number of ether oxygens (including phenoxy) is 2. The van der Waals surface area contributed by atoms with Crippen molar-refractivity contribution in [1.29, 1.82) is 0 Å². The summed E-state index contributed by atoms with van der Waals surface area (Å²) in [4.78, 5) is 0. The largest absolute Gasteiger partial charge is 0.494 e. The van der Waals surface area contributed by atoms with E-state index in [0.717, 1.165) is 16.9 Å². The number of rotatable bonds is 6. The van der Waals surface area contributed by atoms with Crippen molar-refractivity contribution in [3.05, 3.63) is 64.2 Å². The molecule has 1 heterocycles. The highest BCUT2D eigenvalue weighted by molar-refractivity contribution is 6.52. The van der Waals surface area contributed by atoms with Gasteiger partial charge in [-0.25, -0.2) is 0 Å². The summed E-state index contributed by atoms with van der Waals surface area (Å²) < 4.78 is 9.99. The molecule has 30 heavy (non-hydrogen) atoms. The van der Waals surface area contributed by atoms with E-state index in [1.807, 2.05) is 37.3 Å². The van der Waals surface area contributed by atoms with Gasteiger partial charge in [0.2, 0.25) is 0 Å². The minimum absolute atomic E-state index is 0.461. The minimum Gasteiger partial charge on any atom is -0.494 e. The fourth-order valence-corrected chi connectivity index (χ4v) is 5.41. The van der Waals surface area contributed by atoms with Gasteiger partial charge in [-0.15, -0.1) is 0 Å². The fourth-order valence-electron chi connectivity index (χ4n) is 4.28. The predicted molar refractivity (Wildman–Crippen MR) is 115 cm³/mol. The van der Waals surface area contributed by atoms with E-state index in [2.05, 4.69) is 0 Å². The molecule has 1 aliphatic heterocycles. The Balaban J connectivity index is 1.60. The molecule has 1 saturated carbocycles. The molecule has 3 N–H and O–H groups in total. The smallest absolute Gasteiger partial charge is 0.158 e. The monoisotopic (exact) mass is 472 g/mol. The van der Waals surface area contributed by atoms with Crippen LogP contribution in [0.25, 0.3) is 0 Å². The van der Waals surface area contributed by atoms with E-state index in [-0.39, 0.29) is 0 Å². The summed E-state index contributed by atoms with van der Waals surface area (Å²) in [5.41, 5.74) is 1.18. The molecule has 0 aromatic heterocycles. The molecule has 0 radical (unpaired) electrons. The molecule has 5 nitrogen and oxygen atoms in total. The number of hydrogen-bond donors (Lipinski definition) is 3. The van der Waals surface area contributed by atoms with Gasteiger partial charge in [0.1, 0.15) is 23.6 Å². The summed E-state index contributed by atoms with van der Waals surface area (Å²) in [6.45, 7) is 2.07. The Morgan fingerprint density at radius 1 is 1.07 bits per heavy atom. The zero-order valence-electron chi connectivity index (χ0n) is 16.3. The van der Waals surface area contributed by atoms with Crippen molar-refractivity contribution < 1.29 is 24.8 Å². The van der Waals surface area contributed by atoms with Crippen LogP contribution in [0.1, 0.15) is 29.7 Å². The van der Waals surface area contributed by atoms with Crippen molar-refractivity contribution in [3.8, 4) is 5.75 Å². The van der Waals surface area contributed by atoms with Gasteiger partial charge < -0.3 is 24.8 Å². The van der Waals surface area contributed by atoms with Crippen molar-refractivity contribution in [1.82, 2.24) is 0 Å².